The summed E-state index contributed by atoms with van der Waals surface area (Å²) in [4.78, 5) is 31.7. The molecule has 0 spiro atoms. The zero-order valence-electron chi connectivity index (χ0n) is 21.1. The molecule has 0 bridgehead atoms. The van der Waals surface area contributed by atoms with Gasteiger partial charge in [0.05, 0.1) is 29.1 Å². The fourth-order valence-corrected chi connectivity index (χ4v) is 5.28. The van der Waals surface area contributed by atoms with E-state index in [0.29, 0.717) is 35.8 Å². The number of halogens is 1. The van der Waals surface area contributed by atoms with Crippen LogP contribution >= 0.6 is 0 Å². The first-order valence-corrected chi connectivity index (χ1v) is 12.6. The van der Waals surface area contributed by atoms with Gasteiger partial charge in [0.2, 0.25) is 5.91 Å². The number of hydrogen-bond donors (Lipinski definition) is 1. The molecule has 0 radical (unpaired) electrons. The summed E-state index contributed by atoms with van der Waals surface area (Å²) in [6.45, 7) is 4.61. The molecular weight excluding hydrogens is 485 g/mol. The lowest BCUT2D eigenvalue weighted by Gasteiger charge is -2.35. The monoisotopic (exact) mass is 511 g/mol. The van der Waals surface area contributed by atoms with Crippen LogP contribution in [0.3, 0.4) is 0 Å². The van der Waals surface area contributed by atoms with Gasteiger partial charge in [-0.2, -0.15) is 5.10 Å². The smallest absolute Gasteiger partial charge is 0.274 e. The summed E-state index contributed by atoms with van der Waals surface area (Å²) in [5.41, 5.74) is 10.4. The van der Waals surface area contributed by atoms with Gasteiger partial charge in [-0.05, 0) is 60.7 Å². The second-order valence-corrected chi connectivity index (χ2v) is 9.59. The topological polar surface area (TPSA) is 103 Å². The number of primary amides is 1. The Kier molecular flexibility index (Phi) is 5.71. The van der Waals surface area contributed by atoms with Gasteiger partial charge in [0, 0.05) is 12.1 Å². The Morgan fingerprint density at radius 1 is 1.21 bits per heavy atom. The van der Waals surface area contributed by atoms with Crippen LogP contribution in [0.4, 0.5) is 4.39 Å². The van der Waals surface area contributed by atoms with Crippen molar-refractivity contribution in [3.05, 3.63) is 88.0 Å². The number of benzene rings is 2. The molecule has 6 rings (SSSR count). The van der Waals surface area contributed by atoms with Crippen molar-refractivity contribution in [1.82, 2.24) is 19.5 Å². The molecule has 4 aromatic rings. The highest BCUT2D eigenvalue weighted by atomic mass is 19.1. The largest absolute Gasteiger partial charge is 0.488 e. The number of fused-ring (bicyclic) bond motifs is 3. The van der Waals surface area contributed by atoms with Gasteiger partial charge in [-0.1, -0.05) is 31.2 Å². The summed E-state index contributed by atoms with van der Waals surface area (Å²) >= 11 is 0. The molecule has 1 atom stereocenters. The summed E-state index contributed by atoms with van der Waals surface area (Å²) in [5.74, 6) is -1.05. The summed E-state index contributed by atoms with van der Waals surface area (Å²) in [6.07, 6.45) is 4.44. The van der Waals surface area contributed by atoms with E-state index in [2.05, 4.69) is 22.2 Å². The molecular formula is C29H26FN5O3. The van der Waals surface area contributed by atoms with Crippen LogP contribution in [0.1, 0.15) is 52.6 Å². The lowest BCUT2D eigenvalue weighted by molar-refractivity contribution is -0.114. The zero-order chi connectivity index (χ0) is 26.6. The Morgan fingerprint density at radius 3 is 2.82 bits per heavy atom. The van der Waals surface area contributed by atoms with Gasteiger partial charge in [0.15, 0.2) is 5.65 Å². The van der Waals surface area contributed by atoms with E-state index in [0.717, 1.165) is 17.5 Å². The van der Waals surface area contributed by atoms with Crippen LogP contribution in [-0.2, 0) is 17.6 Å². The number of carbonyl (C=O) groups excluding carboxylic acids is 2. The van der Waals surface area contributed by atoms with E-state index in [1.807, 2.05) is 30.9 Å². The minimum absolute atomic E-state index is 0.00269. The summed E-state index contributed by atoms with van der Waals surface area (Å²) < 4.78 is 22.6. The molecule has 0 unspecified atom stereocenters. The number of imidazole rings is 1. The molecule has 2 aromatic heterocycles. The number of amides is 2. The number of rotatable bonds is 4. The van der Waals surface area contributed by atoms with Crippen LogP contribution in [-0.4, -0.2) is 44.5 Å². The van der Waals surface area contributed by atoms with Gasteiger partial charge < -0.3 is 15.4 Å². The highest BCUT2D eigenvalue weighted by Gasteiger charge is 2.30. The minimum atomic E-state index is -0.659. The Labute approximate surface area is 218 Å². The minimum Gasteiger partial charge on any atom is -0.488 e. The van der Waals surface area contributed by atoms with E-state index in [9.17, 15) is 9.59 Å². The predicted octanol–water partition coefficient (Wildman–Crippen LogP) is 4.12. The van der Waals surface area contributed by atoms with Gasteiger partial charge >= 0.3 is 0 Å². The number of ether oxygens (including phenoxy) is 1. The molecule has 38 heavy (non-hydrogen) atoms. The van der Waals surface area contributed by atoms with Crippen molar-refractivity contribution in [1.29, 1.82) is 0 Å². The average Bonchev–Trinajstić information content (AvgIpc) is 3.36. The van der Waals surface area contributed by atoms with Crippen LogP contribution in [0.25, 0.3) is 23.0 Å². The Hall–Kier alpha value is -4.53. The lowest BCUT2D eigenvalue weighted by atomic mass is 9.93. The molecule has 2 aromatic carbocycles. The zero-order valence-corrected chi connectivity index (χ0v) is 21.1. The third-order valence-corrected chi connectivity index (χ3v) is 7.39. The molecule has 0 fully saturated rings. The van der Waals surface area contributed by atoms with Crippen molar-refractivity contribution in [2.75, 3.05) is 13.2 Å². The number of aromatic nitrogens is 3. The summed E-state index contributed by atoms with van der Waals surface area (Å²) in [6, 6.07) is 13.1. The standard InChI is InChI=1S/C29H26FN5O3/c1-3-17-13-23(29(37)34-11-10-18-6-4-5-7-20(18)16(34)2)33-35-14-24(32-28(17)35)21-8-9-25-22(26(21)30)12-19(15-38-25)27(31)36/h4-9,12-14,16H,3,10-11,15H2,1-2H3,(H2,31,36)/t16-/m1/s1. The van der Waals surface area contributed by atoms with Crippen LogP contribution in [0.5, 0.6) is 5.75 Å². The van der Waals surface area contributed by atoms with E-state index in [1.165, 1.54) is 11.6 Å². The van der Waals surface area contributed by atoms with Gasteiger partial charge in [0.1, 0.15) is 23.9 Å². The van der Waals surface area contributed by atoms with E-state index >= 15 is 4.39 Å². The summed E-state index contributed by atoms with van der Waals surface area (Å²) in [5, 5.41) is 4.59. The van der Waals surface area contributed by atoms with Crippen molar-refractivity contribution in [2.24, 2.45) is 5.73 Å². The molecule has 192 valence electrons. The molecule has 0 saturated heterocycles. The maximum Gasteiger partial charge on any atom is 0.274 e. The highest BCUT2D eigenvalue weighted by Crippen LogP contribution is 2.35. The van der Waals surface area contributed by atoms with Gasteiger partial charge in [-0.15, -0.1) is 0 Å². The molecule has 2 amide bonds. The maximum absolute atomic E-state index is 15.6. The third kappa shape index (κ3) is 3.82. The number of carbonyl (C=O) groups is 2. The van der Waals surface area contributed by atoms with E-state index in [4.69, 9.17) is 10.5 Å². The first-order chi connectivity index (χ1) is 18.4. The van der Waals surface area contributed by atoms with E-state index < -0.39 is 11.7 Å². The Morgan fingerprint density at radius 2 is 2.03 bits per heavy atom. The van der Waals surface area contributed by atoms with Crippen molar-refractivity contribution >= 4 is 23.5 Å². The SMILES string of the molecule is CCc1cc(C(=O)N2CCc3ccccc3[C@H]2C)nn2cc(-c3ccc4c(c3F)C=C(C(N)=O)CO4)nc12. The van der Waals surface area contributed by atoms with Crippen LogP contribution < -0.4 is 10.5 Å². The van der Waals surface area contributed by atoms with Crippen LogP contribution in [0, 0.1) is 5.82 Å². The lowest BCUT2D eigenvalue weighted by Crippen LogP contribution is -2.39. The van der Waals surface area contributed by atoms with E-state index in [1.54, 1.807) is 28.9 Å². The Bertz CT molecular complexity index is 1660. The Balaban J connectivity index is 1.39. The number of aryl methyl sites for hydroxylation is 1. The molecule has 2 N–H and O–H groups in total. The van der Waals surface area contributed by atoms with Crippen molar-refractivity contribution in [2.45, 2.75) is 32.7 Å². The highest BCUT2D eigenvalue weighted by molar-refractivity contribution is 5.98. The molecule has 0 saturated carbocycles. The molecule has 8 nitrogen and oxygen atoms in total. The molecule has 4 heterocycles. The predicted molar refractivity (Wildman–Crippen MR) is 140 cm³/mol. The number of nitrogens with zero attached hydrogens (tertiary/aromatic N) is 4. The van der Waals surface area contributed by atoms with Crippen LogP contribution in [0.2, 0.25) is 0 Å². The molecule has 2 aliphatic heterocycles. The molecule has 9 heteroatoms. The maximum atomic E-state index is 15.6. The third-order valence-electron chi connectivity index (χ3n) is 7.39. The first kappa shape index (κ1) is 23.8. The second kappa shape index (κ2) is 9.09. The summed E-state index contributed by atoms with van der Waals surface area (Å²) in [7, 11) is 0. The normalized spacial score (nSPS) is 16.4. The number of nitrogens with two attached hydrogens (primary N) is 1. The average molecular weight is 512 g/mol. The first-order valence-electron chi connectivity index (χ1n) is 12.6. The second-order valence-electron chi connectivity index (χ2n) is 9.59. The van der Waals surface area contributed by atoms with Gasteiger partial charge in [-0.3, -0.25) is 9.59 Å². The van der Waals surface area contributed by atoms with Crippen molar-refractivity contribution < 1.29 is 18.7 Å². The molecule has 2 aliphatic rings. The van der Waals surface area contributed by atoms with Gasteiger partial charge in [-0.25, -0.2) is 13.9 Å². The molecule has 0 aliphatic carbocycles. The number of hydrogen-bond acceptors (Lipinski definition) is 5. The van der Waals surface area contributed by atoms with Gasteiger partial charge in [0.25, 0.3) is 5.91 Å². The van der Waals surface area contributed by atoms with E-state index in [-0.39, 0.29) is 35.3 Å². The fourth-order valence-electron chi connectivity index (χ4n) is 5.28. The quantitative estimate of drug-likeness (QED) is 0.444. The van der Waals surface area contributed by atoms with Crippen molar-refractivity contribution in [3.63, 3.8) is 0 Å². The van der Waals surface area contributed by atoms with Crippen molar-refractivity contribution in [3.8, 4) is 17.0 Å². The van der Waals surface area contributed by atoms with Crippen LogP contribution in [0.15, 0.2) is 54.2 Å². The fraction of sp³-hybridized carbons (Fsp3) is 0.241.